The summed E-state index contributed by atoms with van der Waals surface area (Å²) in [5.74, 6) is -0.507. The summed E-state index contributed by atoms with van der Waals surface area (Å²) in [4.78, 5) is 37.0. The van der Waals surface area contributed by atoms with Crippen molar-refractivity contribution >= 4 is 38.7 Å². The molecule has 32 heavy (non-hydrogen) atoms. The molecule has 2 aromatic carbocycles. The average molecular weight is 451 g/mol. The highest BCUT2D eigenvalue weighted by molar-refractivity contribution is 7.12. The Hall–Kier alpha value is -3.46. The van der Waals surface area contributed by atoms with Crippen LogP contribution in [0, 0.1) is 5.82 Å². The molecule has 2 aromatic heterocycles. The van der Waals surface area contributed by atoms with Crippen LogP contribution in [0.3, 0.4) is 0 Å². The molecule has 1 amide bonds. The van der Waals surface area contributed by atoms with Crippen LogP contribution in [0.5, 0.6) is 0 Å². The molecule has 7 nitrogen and oxygen atoms in total. The van der Waals surface area contributed by atoms with Crippen LogP contribution in [-0.4, -0.2) is 27.7 Å². The van der Waals surface area contributed by atoms with E-state index in [0.717, 1.165) is 29.9 Å². The molecule has 3 heterocycles. The molecule has 6 rings (SSSR count). The number of aromatic amines is 1. The summed E-state index contributed by atoms with van der Waals surface area (Å²) in [6.45, 7) is 0.332. The van der Waals surface area contributed by atoms with E-state index < -0.39 is 22.9 Å². The summed E-state index contributed by atoms with van der Waals surface area (Å²) in [7, 11) is 0. The van der Waals surface area contributed by atoms with Gasteiger partial charge in [-0.2, -0.15) is 0 Å². The topological polar surface area (TPSA) is 93.2 Å². The molecule has 2 aliphatic rings. The van der Waals surface area contributed by atoms with Gasteiger partial charge < -0.3 is 14.6 Å². The Balaban J connectivity index is 1.46. The lowest BCUT2D eigenvalue weighted by Gasteiger charge is -2.14. The van der Waals surface area contributed by atoms with E-state index in [1.54, 1.807) is 6.07 Å². The van der Waals surface area contributed by atoms with Gasteiger partial charge in [-0.15, -0.1) is 0 Å². The lowest BCUT2D eigenvalue weighted by atomic mass is 9.99. The predicted octanol–water partition coefficient (Wildman–Crippen LogP) is 3.70. The number of H-pyrrole nitrogens is 1. The number of carbonyl (C=O) groups excluding carboxylic acids is 1. The minimum Gasteiger partial charge on any atom is -0.447 e. The van der Waals surface area contributed by atoms with Gasteiger partial charge in [-0.05, 0) is 54.1 Å². The quantitative estimate of drug-likeness (QED) is 0.495. The Morgan fingerprint density at radius 3 is 2.59 bits per heavy atom. The van der Waals surface area contributed by atoms with Crippen molar-refractivity contribution in [3.8, 4) is 11.1 Å². The van der Waals surface area contributed by atoms with E-state index in [1.807, 2.05) is 28.8 Å². The first-order valence-corrected chi connectivity index (χ1v) is 11.2. The van der Waals surface area contributed by atoms with Crippen LogP contribution in [0.15, 0.2) is 46.0 Å². The first-order valence-electron chi connectivity index (χ1n) is 10.4. The molecular formula is C23H18FN3O4S. The number of nitrogens with zero attached hydrogens (tertiary/aromatic N) is 1. The first kappa shape index (κ1) is 19.2. The van der Waals surface area contributed by atoms with Crippen LogP contribution in [0.1, 0.15) is 24.4 Å². The Labute approximate surface area is 184 Å². The fourth-order valence-electron chi connectivity index (χ4n) is 4.41. The number of carbonyl (C=O) groups is 1. The van der Waals surface area contributed by atoms with Crippen LogP contribution < -0.4 is 16.3 Å². The molecule has 1 saturated carbocycles. The lowest BCUT2D eigenvalue weighted by Crippen LogP contribution is -2.28. The Bertz CT molecular complexity index is 1520. The number of hydrogen-bond acceptors (Lipinski definition) is 5. The normalized spacial score (nSPS) is 18.3. The van der Waals surface area contributed by atoms with Crippen LogP contribution in [0.25, 0.3) is 32.2 Å². The highest BCUT2D eigenvalue weighted by Crippen LogP contribution is 2.40. The molecule has 4 aromatic rings. The van der Waals surface area contributed by atoms with Gasteiger partial charge in [0.2, 0.25) is 5.43 Å². The van der Waals surface area contributed by atoms with Crippen molar-refractivity contribution in [2.24, 2.45) is 0 Å². The van der Waals surface area contributed by atoms with Crippen molar-refractivity contribution in [3.05, 3.63) is 68.4 Å². The molecule has 2 fully saturated rings. The van der Waals surface area contributed by atoms with Gasteiger partial charge >= 0.3 is 6.09 Å². The van der Waals surface area contributed by atoms with E-state index in [1.165, 1.54) is 6.07 Å². The zero-order chi connectivity index (χ0) is 22.0. The summed E-state index contributed by atoms with van der Waals surface area (Å²) < 4.78 is 24.7. The van der Waals surface area contributed by atoms with Gasteiger partial charge in [0.15, 0.2) is 0 Å². The van der Waals surface area contributed by atoms with E-state index in [-0.39, 0.29) is 22.9 Å². The minimum absolute atomic E-state index is 0.0744. The van der Waals surface area contributed by atoms with Crippen molar-refractivity contribution in [1.82, 2.24) is 14.3 Å². The molecule has 9 heteroatoms. The highest BCUT2D eigenvalue weighted by atomic mass is 32.1. The summed E-state index contributed by atoms with van der Waals surface area (Å²) in [6.07, 6.45) is 2.13. The molecule has 162 valence electrons. The number of amides is 1. The molecule has 1 saturated heterocycles. The van der Waals surface area contributed by atoms with E-state index in [9.17, 15) is 14.4 Å². The minimum atomic E-state index is -0.507. The third kappa shape index (κ3) is 3.03. The van der Waals surface area contributed by atoms with Crippen molar-refractivity contribution in [2.45, 2.75) is 31.3 Å². The number of pyridine rings is 1. The fraction of sp³-hybridized carbons (Fsp3) is 0.261. The van der Waals surface area contributed by atoms with Crippen molar-refractivity contribution < 1.29 is 13.9 Å². The van der Waals surface area contributed by atoms with Crippen molar-refractivity contribution in [1.29, 1.82) is 0 Å². The molecule has 0 spiro atoms. The smallest absolute Gasteiger partial charge is 0.407 e. The summed E-state index contributed by atoms with van der Waals surface area (Å²) in [6, 6.07) is 10.6. The van der Waals surface area contributed by atoms with Gasteiger partial charge in [0.1, 0.15) is 22.6 Å². The van der Waals surface area contributed by atoms with Gasteiger partial charge in [-0.25, -0.2) is 9.18 Å². The van der Waals surface area contributed by atoms with Gasteiger partial charge in [0.05, 0.1) is 11.6 Å². The lowest BCUT2D eigenvalue weighted by molar-refractivity contribution is 0.177. The maximum absolute atomic E-state index is 15.1. The number of benzene rings is 2. The molecule has 0 bridgehead atoms. The molecular weight excluding hydrogens is 433 g/mol. The van der Waals surface area contributed by atoms with Crippen LogP contribution in [0.4, 0.5) is 9.18 Å². The van der Waals surface area contributed by atoms with Gasteiger partial charge in [0, 0.05) is 17.0 Å². The Morgan fingerprint density at radius 2 is 1.91 bits per heavy atom. The molecule has 2 N–H and O–H groups in total. The molecule has 1 aliphatic heterocycles. The number of nitrogens with one attached hydrogen (secondary N) is 2. The van der Waals surface area contributed by atoms with Crippen molar-refractivity contribution in [2.75, 3.05) is 6.61 Å². The molecule has 1 unspecified atom stereocenters. The zero-order valence-corrected chi connectivity index (χ0v) is 17.6. The number of alkyl carbamates (subject to hydrolysis) is 1. The van der Waals surface area contributed by atoms with E-state index in [4.69, 9.17) is 4.74 Å². The average Bonchev–Trinajstić information content (AvgIpc) is 3.42. The number of cyclic esters (lactones) is 1. The van der Waals surface area contributed by atoms with Crippen molar-refractivity contribution in [3.63, 3.8) is 0 Å². The summed E-state index contributed by atoms with van der Waals surface area (Å²) in [5, 5.41) is 3.08. The highest BCUT2D eigenvalue weighted by Gasteiger charge is 2.29. The number of rotatable bonds is 4. The maximum atomic E-state index is 15.1. The number of ether oxygens (including phenoxy) is 1. The number of hydrogen-bond donors (Lipinski definition) is 2. The standard InChI is InChI=1S/C23H18FN3O4S/c24-17-8-16-18(27(14-5-6-14)22-19(20(16)28)21(29)26-32-22)9-15(17)12-3-1-11(2-4-12)7-13-10-31-23(30)25-13/h1-4,8-9,13-14H,5-7,10H2,(H,25,30)(H,26,29). The first-order chi connectivity index (χ1) is 15.5. The third-order valence-electron chi connectivity index (χ3n) is 6.11. The second kappa shape index (κ2) is 7.03. The van der Waals surface area contributed by atoms with Crippen LogP contribution >= 0.6 is 11.5 Å². The summed E-state index contributed by atoms with van der Waals surface area (Å²) >= 11 is 1.15. The van der Waals surface area contributed by atoms with E-state index in [2.05, 4.69) is 9.69 Å². The SMILES string of the molecule is O=C1NC(Cc2ccc(-c3cc4c(cc3F)c(=O)c3c(=O)[nH]sc3n4C3CC3)cc2)CO1. The largest absolute Gasteiger partial charge is 0.447 e. The maximum Gasteiger partial charge on any atom is 0.407 e. The predicted molar refractivity (Wildman–Crippen MR) is 120 cm³/mol. The number of aromatic nitrogens is 2. The molecule has 1 aliphatic carbocycles. The fourth-order valence-corrected chi connectivity index (χ4v) is 5.33. The van der Waals surface area contributed by atoms with Gasteiger partial charge in [0.25, 0.3) is 5.56 Å². The Kier molecular flexibility index (Phi) is 4.23. The second-order valence-corrected chi connectivity index (χ2v) is 9.13. The third-order valence-corrected chi connectivity index (χ3v) is 7.00. The molecule has 1 atom stereocenters. The Morgan fingerprint density at radius 1 is 1.12 bits per heavy atom. The zero-order valence-electron chi connectivity index (χ0n) is 16.8. The summed E-state index contributed by atoms with van der Waals surface area (Å²) in [5.41, 5.74) is 1.88. The number of halogens is 1. The van der Waals surface area contributed by atoms with Gasteiger partial charge in [-0.3, -0.25) is 14.0 Å². The second-order valence-electron chi connectivity index (χ2n) is 8.33. The monoisotopic (exact) mass is 451 g/mol. The number of fused-ring (bicyclic) bond motifs is 2. The van der Waals surface area contributed by atoms with E-state index >= 15 is 4.39 Å². The van der Waals surface area contributed by atoms with E-state index in [0.29, 0.717) is 34.5 Å². The van der Waals surface area contributed by atoms with Crippen LogP contribution in [0.2, 0.25) is 0 Å². The van der Waals surface area contributed by atoms with Gasteiger partial charge in [-0.1, -0.05) is 24.3 Å². The molecule has 0 radical (unpaired) electrons. The van der Waals surface area contributed by atoms with Crippen LogP contribution in [-0.2, 0) is 11.2 Å².